The molecule has 0 unspecified atom stereocenters. The number of piperidine rings is 1. The zero-order valence-electron chi connectivity index (χ0n) is 12.0. The van der Waals surface area contributed by atoms with Gasteiger partial charge in [0.15, 0.2) is 0 Å². The third-order valence-corrected chi connectivity index (χ3v) is 4.45. The van der Waals surface area contributed by atoms with Crippen LogP contribution >= 0.6 is 15.9 Å². The van der Waals surface area contributed by atoms with Gasteiger partial charge in [0, 0.05) is 48.9 Å². The summed E-state index contributed by atoms with van der Waals surface area (Å²) in [6, 6.07) is 6.54. The molecule has 4 nitrogen and oxygen atoms in total. The van der Waals surface area contributed by atoms with Crippen molar-refractivity contribution in [3.05, 3.63) is 28.2 Å². The molecule has 0 aromatic heterocycles. The first-order valence-corrected chi connectivity index (χ1v) is 7.69. The van der Waals surface area contributed by atoms with E-state index in [2.05, 4.69) is 27.3 Å². The minimum absolute atomic E-state index is 0.172. The highest BCUT2D eigenvalue weighted by molar-refractivity contribution is 9.10. The van der Waals surface area contributed by atoms with Gasteiger partial charge in [-0.15, -0.1) is 0 Å². The van der Waals surface area contributed by atoms with E-state index < -0.39 is 0 Å². The first-order chi connectivity index (χ1) is 9.61. The van der Waals surface area contributed by atoms with Gasteiger partial charge in [0.2, 0.25) is 5.91 Å². The van der Waals surface area contributed by atoms with E-state index in [0.717, 1.165) is 41.7 Å². The summed E-state index contributed by atoms with van der Waals surface area (Å²) in [7, 11) is 1.70. The topological polar surface area (TPSA) is 41.6 Å². The minimum atomic E-state index is 0.172. The van der Waals surface area contributed by atoms with E-state index in [4.69, 9.17) is 4.74 Å². The largest absolute Gasteiger partial charge is 0.382 e. The van der Waals surface area contributed by atoms with Crippen LogP contribution in [0, 0.1) is 0 Å². The van der Waals surface area contributed by atoms with Crippen LogP contribution < -0.4 is 5.32 Å². The van der Waals surface area contributed by atoms with E-state index in [0.29, 0.717) is 12.6 Å². The predicted octanol–water partition coefficient (Wildman–Crippen LogP) is 3.02. The Hall–Kier alpha value is -1.07. The average molecular weight is 341 g/mol. The minimum Gasteiger partial charge on any atom is -0.382 e. The van der Waals surface area contributed by atoms with Gasteiger partial charge < -0.3 is 15.0 Å². The Labute approximate surface area is 128 Å². The summed E-state index contributed by atoms with van der Waals surface area (Å²) in [5.74, 6) is 0.172. The number of hydrogen-bond acceptors (Lipinski definition) is 3. The number of ether oxygens (including phenoxy) is 1. The number of carbonyl (C=O) groups is 1. The number of halogens is 1. The number of amides is 1. The van der Waals surface area contributed by atoms with E-state index in [1.54, 1.807) is 14.0 Å². The predicted molar refractivity (Wildman–Crippen MR) is 83.8 cm³/mol. The van der Waals surface area contributed by atoms with E-state index >= 15 is 0 Å². The molecule has 20 heavy (non-hydrogen) atoms. The monoisotopic (exact) mass is 340 g/mol. The van der Waals surface area contributed by atoms with Gasteiger partial charge in [-0.05, 0) is 25.0 Å². The Morgan fingerprint density at radius 1 is 1.45 bits per heavy atom. The fraction of sp³-hybridized carbons (Fsp3) is 0.533. The van der Waals surface area contributed by atoms with E-state index in [-0.39, 0.29) is 5.91 Å². The molecule has 1 heterocycles. The van der Waals surface area contributed by atoms with Gasteiger partial charge >= 0.3 is 0 Å². The Balaban J connectivity index is 2.01. The molecule has 1 aliphatic rings. The molecule has 0 radical (unpaired) electrons. The number of rotatable bonds is 4. The maximum absolute atomic E-state index is 11.3. The van der Waals surface area contributed by atoms with Crippen LogP contribution in [-0.2, 0) is 16.1 Å². The van der Waals surface area contributed by atoms with Crippen molar-refractivity contribution in [3.63, 3.8) is 0 Å². The average Bonchev–Trinajstić information content (AvgIpc) is 2.43. The first-order valence-electron chi connectivity index (χ1n) is 6.90. The number of carbonyl (C=O) groups excluding carboxylic acids is 1. The Kier molecular flexibility index (Phi) is 5.43. The van der Waals surface area contributed by atoms with Crippen molar-refractivity contribution in [3.8, 4) is 0 Å². The molecule has 0 aliphatic carbocycles. The van der Waals surface area contributed by atoms with Gasteiger partial charge in [0.1, 0.15) is 0 Å². The van der Waals surface area contributed by atoms with Crippen LogP contribution in [0.1, 0.15) is 25.3 Å². The van der Waals surface area contributed by atoms with Crippen molar-refractivity contribution < 1.29 is 9.53 Å². The molecule has 1 amide bonds. The SMILES string of the molecule is COCc1c(Br)cccc1NC1CCN(C(C)=O)CC1. The zero-order valence-corrected chi connectivity index (χ0v) is 13.6. The van der Waals surface area contributed by atoms with Crippen LogP contribution in [0.3, 0.4) is 0 Å². The Morgan fingerprint density at radius 3 is 2.75 bits per heavy atom. The molecule has 1 aromatic rings. The van der Waals surface area contributed by atoms with Crippen molar-refractivity contribution in [2.75, 3.05) is 25.5 Å². The molecular formula is C15H21BrN2O2. The van der Waals surface area contributed by atoms with Crippen LogP contribution in [0.2, 0.25) is 0 Å². The quantitative estimate of drug-likeness (QED) is 0.915. The second kappa shape index (κ2) is 7.09. The smallest absolute Gasteiger partial charge is 0.219 e. The maximum atomic E-state index is 11.3. The third kappa shape index (κ3) is 3.73. The van der Waals surface area contributed by atoms with Crippen LogP contribution in [0.25, 0.3) is 0 Å². The van der Waals surface area contributed by atoms with Crippen molar-refractivity contribution in [1.29, 1.82) is 0 Å². The number of nitrogens with zero attached hydrogens (tertiary/aromatic N) is 1. The molecular weight excluding hydrogens is 320 g/mol. The normalized spacial score (nSPS) is 16.2. The van der Waals surface area contributed by atoms with Crippen molar-refractivity contribution in [2.24, 2.45) is 0 Å². The molecule has 110 valence electrons. The Morgan fingerprint density at radius 2 is 2.15 bits per heavy atom. The second-order valence-corrected chi connectivity index (χ2v) is 5.98. The highest BCUT2D eigenvalue weighted by atomic mass is 79.9. The van der Waals surface area contributed by atoms with Gasteiger partial charge in [0.05, 0.1) is 6.61 Å². The third-order valence-electron chi connectivity index (χ3n) is 3.71. The molecule has 1 aromatic carbocycles. The highest BCUT2D eigenvalue weighted by Crippen LogP contribution is 2.27. The summed E-state index contributed by atoms with van der Waals surface area (Å²) in [6.45, 7) is 3.88. The van der Waals surface area contributed by atoms with Gasteiger partial charge in [0.25, 0.3) is 0 Å². The molecule has 1 saturated heterocycles. The molecule has 2 rings (SSSR count). The molecule has 1 N–H and O–H groups in total. The summed E-state index contributed by atoms with van der Waals surface area (Å²) < 4.78 is 6.32. The Bertz CT molecular complexity index is 471. The first kappa shape index (κ1) is 15.3. The fourth-order valence-corrected chi connectivity index (χ4v) is 3.02. The lowest BCUT2D eigenvalue weighted by molar-refractivity contribution is -0.129. The lowest BCUT2D eigenvalue weighted by Crippen LogP contribution is -2.41. The van der Waals surface area contributed by atoms with E-state index in [1.165, 1.54) is 0 Å². The molecule has 0 atom stereocenters. The van der Waals surface area contributed by atoms with Gasteiger partial charge in [-0.25, -0.2) is 0 Å². The summed E-state index contributed by atoms with van der Waals surface area (Å²) in [5.41, 5.74) is 2.26. The van der Waals surface area contributed by atoms with Crippen molar-refractivity contribution in [2.45, 2.75) is 32.4 Å². The fourth-order valence-electron chi connectivity index (χ4n) is 2.54. The summed E-state index contributed by atoms with van der Waals surface area (Å²) in [4.78, 5) is 13.2. The summed E-state index contributed by atoms with van der Waals surface area (Å²) >= 11 is 3.57. The van der Waals surface area contributed by atoms with E-state index in [1.807, 2.05) is 17.0 Å². The van der Waals surface area contributed by atoms with Gasteiger partial charge in [-0.1, -0.05) is 22.0 Å². The van der Waals surface area contributed by atoms with Crippen molar-refractivity contribution >= 4 is 27.5 Å². The molecule has 5 heteroatoms. The number of benzene rings is 1. The summed E-state index contributed by atoms with van der Waals surface area (Å²) in [6.07, 6.45) is 1.97. The lowest BCUT2D eigenvalue weighted by Gasteiger charge is -2.32. The number of methoxy groups -OCH3 is 1. The number of nitrogens with one attached hydrogen (secondary N) is 1. The van der Waals surface area contributed by atoms with Crippen LogP contribution in [0.15, 0.2) is 22.7 Å². The van der Waals surface area contributed by atoms with Gasteiger partial charge in [-0.3, -0.25) is 4.79 Å². The standard InChI is InChI=1S/C15H21BrN2O2/c1-11(19)18-8-6-12(7-9-18)17-15-5-3-4-14(16)13(15)10-20-2/h3-5,12,17H,6-10H2,1-2H3. The summed E-state index contributed by atoms with van der Waals surface area (Å²) in [5, 5.41) is 3.59. The number of hydrogen-bond donors (Lipinski definition) is 1. The van der Waals surface area contributed by atoms with Crippen LogP contribution in [-0.4, -0.2) is 37.0 Å². The molecule has 1 aliphatic heterocycles. The van der Waals surface area contributed by atoms with E-state index in [9.17, 15) is 4.79 Å². The van der Waals surface area contributed by atoms with Crippen molar-refractivity contribution in [1.82, 2.24) is 4.90 Å². The van der Waals surface area contributed by atoms with Crippen LogP contribution in [0.4, 0.5) is 5.69 Å². The maximum Gasteiger partial charge on any atom is 0.219 e. The van der Waals surface area contributed by atoms with Crippen LogP contribution in [0.5, 0.6) is 0 Å². The molecule has 0 bridgehead atoms. The van der Waals surface area contributed by atoms with Gasteiger partial charge in [-0.2, -0.15) is 0 Å². The molecule has 0 saturated carbocycles. The number of likely N-dealkylation sites (tertiary alicyclic amines) is 1. The highest BCUT2D eigenvalue weighted by Gasteiger charge is 2.21. The zero-order chi connectivity index (χ0) is 14.5. The number of anilines is 1. The molecule has 0 spiro atoms. The molecule has 1 fully saturated rings. The second-order valence-electron chi connectivity index (χ2n) is 5.12. The lowest BCUT2D eigenvalue weighted by atomic mass is 10.0.